The highest BCUT2D eigenvalue weighted by Crippen LogP contribution is 2.33. The fourth-order valence-electron chi connectivity index (χ4n) is 2.46. The van der Waals surface area contributed by atoms with Crippen molar-refractivity contribution in [3.05, 3.63) is 29.6 Å². The Kier molecular flexibility index (Phi) is 4.19. The van der Waals surface area contributed by atoms with Gasteiger partial charge in [0.1, 0.15) is 5.82 Å². The van der Waals surface area contributed by atoms with Crippen LogP contribution >= 0.6 is 0 Å². The third kappa shape index (κ3) is 2.65. The molecule has 1 aromatic carbocycles. The number of halogens is 1. The van der Waals surface area contributed by atoms with Gasteiger partial charge in [-0.1, -0.05) is 0 Å². The Morgan fingerprint density at radius 3 is 2.72 bits per heavy atom. The smallest absolute Gasteiger partial charge is 0.123 e. The molecule has 1 aromatic rings. The number of aliphatic hydroxyl groups is 1. The number of benzene rings is 1. The minimum atomic E-state index is -0.261. The van der Waals surface area contributed by atoms with E-state index in [0.717, 1.165) is 24.1 Å². The number of nitrogens with zero attached hydrogens (tertiary/aromatic N) is 1. The van der Waals surface area contributed by atoms with Crippen molar-refractivity contribution in [2.24, 2.45) is 5.73 Å². The van der Waals surface area contributed by atoms with Crippen molar-refractivity contribution < 1.29 is 9.50 Å². The molecule has 0 amide bonds. The van der Waals surface area contributed by atoms with Gasteiger partial charge in [-0.3, -0.25) is 0 Å². The Hall–Kier alpha value is -1.13. The molecule has 3 N–H and O–H groups in total. The zero-order valence-corrected chi connectivity index (χ0v) is 10.8. The Bertz CT molecular complexity index is 405. The lowest BCUT2D eigenvalue weighted by molar-refractivity contribution is 0.283. The van der Waals surface area contributed by atoms with Crippen LogP contribution in [0.1, 0.15) is 37.8 Å². The summed E-state index contributed by atoms with van der Waals surface area (Å²) in [6, 6.07) is 4.99. The van der Waals surface area contributed by atoms with Crippen molar-refractivity contribution in [3.63, 3.8) is 0 Å². The van der Waals surface area contributed by atoms with Gasteiger partial charge in [0.05, 0.1) is 6.61 Å². The van der Waals surface area contributed by atoms with Crippen molar-refractivity contribution in [2.45, 2.75) is 38.3 Å². The van der Waals surface area contributed by atoms with Crippen LogP contribution in [0.4, 0.5) is 10.1 Å². The van der Waals surface area contributed by atoms with Crippen LogP contribution in [0.2, 0.25) is 0 Å². The predicted molar refractivity (Wildman–Crippen MR) is 71.1 cm³/mol. The van der Waals surface area contributed by atoms with Gasteiger partial charge in [0.15, 0.2) is 0 Å². The summed E-state index contributed by atoms with van der Waals surface area (Å²) in [6.45, 7) is 2.54. The Morgan fingerprint density at radius 1 is 1.50 bits per heavy atom. The van der Waals surface area contributed by atoms with E-state index in [-0.39, 0.29) is 18.5 Å². The third-order valence-corrected chi connectivity index (χ3v) is 3.65. The fourth-order valence-corrected chi connectivity index (χ4v) is 2.46. The molecule has 100 valence electrons. The molecular weight excluding hydrogens is 231 g/mol. The van der Waals surface area contributed by atoms with E-state index in [1.807, 2.05) is 6.92 Å². The Morgan fingerprint density at radius 2 is 2.22 bits per heavy atom. The van der Waals surface area contributed by atoms with E-state index < -0.39 is 0 Å². The van der Waals surface area contributed by atoms with Gasteiger partial charge in [-0.2, -0.15) is 0 Å². The highest BCUT2D eigenvalue weighted by atomic mass is 19.1. The lowest BCUT2D eigenvalue weighted by Crippen LogP contribution is -2.42. The summed E-state index contributed by atoms with van der Waals surface area (Å²) in [5.74, 6) is -0.261. The lowest BCUT2D eigenvalue weighted by atomic mass is 9.90. The molecule has 3 nitrogen and oxygen atoms in total. The lowest BCUT2D eigenvalue weighted by Gasteiger charge is -2.40. The SMILES string of the molecule is C[C@H](N)c1cc(F)ccc1N(CCO)C1CCC1. The number of rotatable bonds is 5. The molecule has 0 aliphatic heterocycles. The van der Waals surface area contributed by atoms with E-state index >= 15 is 0 Å². The molecule has 0 unspecified atom stereocenters. The normalized spacial score (nSPS) is 17.3. The first-order valence-electron chi connectivity index (χ1n) is 6.56. The van der Waals surface area contributed by atoms with Crippen LogP contribution in [0.5, 0.6) is 0 Å². The van der Waals surface area contributed by atoms with Gasteiger partial charge >= 0.3 is 0 Å². The maximum atomic E-state index is 13.3. The van der Waals surface area contributed by atoms with E-state index in [2.05, 4.69) is 4.90 Å². The van der Waals surface area contributed by atoms with Gasteiger partial charge in [0.25, 0.3) is 0 Å². The number of nitrogens with two attached hydrogens (primary N) is 1. The topological polar surface area (TPSA) is 49.5 Å². The maximum Gasteiger partial charge on any atom is 0.123 e. The largest absolute Gasteiger partial charge is 0.395 e. The molecule has 1 atom stereocenters. The second kappa shape index (κ2) is 5.67. The highest BCUT2D eigenvalue weighted by Gasteiger charge is 2.26. The molecule has 18 heavy (non-hydrogen) atoms. The average molecular weight is 252 g/mol. The van der Waals surface area contributed by atoms with Crippen molar-refractivity contribution in [1.29, 1.82) is 0 Å². The van der Waals surface area contributed by atoms with Crippen molar-refractivity contribution >= 4 is 5.69 Å². The first kappa shape index (κ1) is 13.3. The first-order chi connectivity index (χ1) is 8.63. The van der Waals surface area contributed by atoms with Crippen LogP contribution in [-0.4, -0.2) is 24.3 Å². The van der Waals surface area contributed by atoms with Gasteiger partial charge in [-0.15, -0.1) is 0 Å². The van der Waals surface area contributed by atoms with Gasteiger partial charge < -0.3 is 15.7 Å². The molecule has 0 bridgehead atoms. The molecule has 1 aliphatic rings. The van der Waals surface area contributed by atoms with Gasteiger partial charge in [0.2, 0.25) is 0 Å². The molecule has 4 heteroatoms. The number of anilines is 1. The zero-order valence-electron chi connectivity index (χ0n) is 10.8. The summed E-state index contributed by atoms with van der Waals surface area (Å²) in [5.41, 5.74) is 7.70. The van der Waals surface area contributed by atoms with Gasteiger partial charge in [0, 0.05) is 24.3 Å². The Labute approximate surface area is 107 Å². The molecule has 1 saturated carbocycles. The molecular formula is C14H21FN2O. The van der Waals surface area contributed by atoms with E-state index in [1.165, 1.54) is 18.6 Å². The monoisotopic (exact) mass is 252 g/mol. The zero-order chi connectivity index (χ0) is 13.1. The molecule has 0 radical (unpaired) electrons. The van der Waals surface area contributed by atoms with Crippen molar-refractivity contribution in [1.82, 2.24) is 0 Å². The number of hydrogen-bond donors (Lipinski definition) is 2. The minimum Gasteiger partial charge on any atom is -0.395 e. The van der Waals surface area contributed by atoms with E-state index in [9.17, 15) is 9.50 Å². The van der Waals surface area contributed by atoms with Crippen LogP contribution in [0.15, 0.2) is 18.2 Å². The van der Waals surface area contributed by atoms with E-state index in [0.29, 0.717) is 12.6 Å². The number of hydrogen-bond acceptors (Lipinski definition) is 3. The summed E-state index contributed by atoms with van der Waals surface area (Å²) >= 11 is 0. The standard InChI is InChI=1S/C14H21FN2O/c1-10(16)13-9-11(15)5-6-14(13)17(7-8-18)12-3-2-4-12/h5-6,9-10,12,18H,2-4,7-8,16H2,1H3/t10-/m0/s1. The quantitative estimate of drug-likeness (QED) is 0.844. The maximum absolute atomic E-state index is 13.3. The van der Waals surface area contributed by atoms with Gasteiger partial charge in [-0.25, -0.2) is 4.39 Å². The highest BCUT2D eigenvalue weighted by molar-refractivity contribution is 5.56. The fraction of sp³-hybridized carbons (Fsp3) is 0.571. The van der Waals surface area contributed by atoms with Crippen LogP contribution in [0.25, 0.3) is 0 Å². The molecule has 0 saturated heterocycles. The van der Waals surface area contributed by atoms with E-state index in [1.54, 1.807) is 6.07 Å². The first-order valence-corrected chi connectivity index (χ1v) is 6.56. The summed E-state index contributed by atoms with van der Waals surface area (Å²) in [6.07, 6.45) is 3.49. The average Bonchev–Trinajstić information content (AvgIpc) is 2.26. The van der Waals surface area contributed by atoms with Crippen molar-refractivity contribution in [3.8, 4) is 0 Å². The molecule has 0 spiro atoms. The van der Waals surface area contributed by atoms with Crippen LogP contribution < -0.4 is 10.6 Å². The van der Waals surface area contributed by atoms with Crippen LogP contribution in [0.3, 0.4) is 0 Å². The van der Waals surface area contributed by atoms with Crippen molar-refractivity contribution in [2.75, 3.05) is 18.1 Å². The molecule has 2 rings (SSSR count). The van der Waals surface area contributed by atoms with Crippen LogP contribution in [-0.2, 0) is 0 Å². The second-order valence-electron chi connectivity index (χ2n) is 4.99. The second-order valence-corrected chi connectivity index (χ2v) is 4.99. The van der Waals surface area contributed by atoms with Crippen LogP contribution in [0, 0.1) is 5.82 Å². The molecule has 1 fully saturated rings. The summed E-state index contributed by atoms with van der Waals surface area (Å²) < 4.78 is 13.3. The molecule has 1 aliphatic carbocycles. The predicted octanol–water partition coefficient (Wildman–Crippen LogP) is 2.20. The Balaban J connectivity index is 2.33. The summed E-state index contributed by atoms with van der Waals surface area (Å²) in [7, 11) is 0. The summed E-state index contributed by atoms with van der Waals surface area (Å²) in [5, 5.41) is 9.20. The van der Waals surface area contributed by atoms with Gasteiger partial charge in [-0.05, 0) is 49.9 Å². The van der Waals surface area contributed by atoms with E-state index in [4.69, 9.17) is 5.73 Å². The third-order valence-electron chi connectivity index (χ3n) is 3.65. The minimum absolute atomic E-state index is 0.103. The molecule has 0 heterocycles. The summed E-state index contributed by atoms with van der Waals surface area (Å²) in [4.78, 5) is 2.17. The number of aliphatic hydroxyl groups excluding tert-OH is 1. The molecule has 0 aromatic heterocycles.